The Kier molecular flexibility index (Phi) is 57.6. The monoisotopic (exact) mass is 1110 g/mol. The van der Waals surface area contributed by atoms with Gasteiger partial charge < -0.3 is 20.1 Å². The number of hydrogen-bond acceptors (Lipinski definition) is 8. The number of nitrogens with two attached hydrogens (primary N) is 1. The van der Waals surface area contributed by atoms with Crippen molar-refractivity contribution in [1.82, 2.24) is 0 Å². The van der Waals surface area contributed by atoms with Crippen LogP contribution in [0.2, 0.25) is 0 Å². The molecule has 0 fully saturated rings. The fourth-order valence-electron chi connectivity index (χ4n) is 6.88. The molecule has 0 saturated carbocycles. The maximum absolute atomic E-state index is 12.7. The quantitative estimate of drug-likeness (QED) is 0.0264. The van der Waals surface area contributed by atoms with Crippen molar-refractivity contribution in [3.8, 4) is 0 Å². The van der Waals surface area contributed by atoms with Crippen LogP contribution in [-0.4, -0.2) is 49.3 Å². The lowest BCUT2D eigenvalue weighted by Gasteiger charge is -2.19. The van der Waals surface area contributed by atoms with Crippen LogP contribution in [-0.2, 0) is 32.7 Å². The summed E-state index contributed by atoms with van der Waals surface area (Å²) in [4.78, 5) is 35.2. The Morgan fingerprint density at radius 1 is 0.380 bits per heavy atom. The van der Waals surface area contributed by atoms with E-state index in [9.17, 15) is 19.0 Å². The van der Waals surface area contributed by atoms with E-state index in [2.05, 4.69) is 220 Å². The lowest BCUT2D eigenvalue weighted by molar-refractivity contribution is -0.161. The van der Waals surface area contributed by atoms with Crippen molar-refractivity contribution >= 4 is 19.8 Å². The maximum Gasteiger partial charge on any atom is 0.472 e. The smallest absolute Gasteiger partial charge is 0.462 e. The summed E-state index contributed by atoms with van der Waals surface area (Å²) in [6, 6.07) is 0. The first-order chi connectivity index (χ1) is 38.8. The number of unbranched alkanes of at least 4 members (excludes halogenated alkanes) is 5. The van der Waals surface area contributed by atoms with Gasteiger partial charge in [-0.15, -0.1) is 0 Å². The van der Waals surface area contributed by atoms with Crippen molar-refractivity contribution in [2.45, 2.75) is 187 Å². The third-order valence-electron chi connectivity index (χ3n) is 11.2. The zero-order chi connectivity index (χ0) is 57.3. The normalized spacial score (nSPS) is 14.5. The largest absolute Gasteiger partial charge is 0.472 e. The van der Waals surface area contributed by atoms with Crippen LogP contribution in [0.3, 0.4) is 0 Å². The number of ether oxygens (including phenoxy) is 2. The summed E-state index contributed by atoms with van der Waals surface area (Å²) in [5, 5.41) is 0. The maximum atomic E-state index is 12.7. The Morgan fingerprint density at radius 2 is 0.658 bits per heavy atom. The molecule has 0 radical (unpaired) electrons. The predicted octanol–water partition coefficient (Wildman–Crippen LogP) is 19.2. The van der Waals surface area contributed by atoms with E-state index in [4.69, 9.17) is 24.3 Å². The summed E-state index contributed by atoms with van der Waals surface area (Å²) < 4.78 is 32.9. The highest BCUT2D eigenvalue weighted by Gasteiger charge is 2.26. The van der Waals surface area contributed by atoms with E-state index < -0.39 is 32.5 Å². The zero-order valence-corrected chi connectivity index (χ0v) is 49.6. The number of carbonyl (C=O) groups excluding carboxylic acids is 2. The average Bonchev–Trinajstić information content (AvgIpc) is 3.44. The van der Waals surface area contributed by atoms with Gasteiger partial charge in [0.15, 0.2) is 6.10 Å². The van der Waals surface area contributed by atoms with Crippen molar-refractivity contribution in [3.05, 3.63) is 207 Å². The van der Waals surface area contributed by atoms with Gasteiger partial charge in [-0.1, -0.05) is 227 Å². The number of phosphoric ester groups is 1. The Bertz CT molecular complexity index is 2040. The first kappa shape index (κ1) is 73.6. The van der Waals surface area contributed by atoms with Crippen LogP contribution >= 0.6 is 7.82 Å². The third kappa shape index (κ3) is 61.7. The standard InChI is InChI=1S/C69H104NO8P/c1-3-5-7-9-11-13-15-17-19-21-23-25-27-29-31-32-33-34-36-38-40-42-44-46-48-50-52-54-56-58-60-62-69(72)78-67(66-77-79(73,74)76-64-63-70)65-75-68(71)61-59-57-55-53-51-49-47-45-43-41-39-37-35-30-28-26-24-22-20-18-16-14-12-10-8-6-4-2/h5-8,11-14,17-20,23-26,29-31,33-35,38-41,44-47,50-53,67H,3-4,9-10,15-16,21-22,27-28,32,36-37,42-43,48-49,54-66,70H2,1-2H3,(H,73,74)/b7-5-,8-6-,13-11-,14-12-,19-17-,20-18-,25-23-,26-24-,31-29-,34-33-,35-30-,40-38-,41-39-,46-44-,47-45-,52-50-,53-51-. The van der Waals surface area contributed by atoms with E-state index in [1.54, 1.807) is 0 Å². The van der Waals surface area contributed by atoms with Crippen LogP contribution in [0.25, 0.3) is 0 Å². The minimum atomic E-state index is -4.43. The van der Waals surface area contributed by atoms with E-state index in [0.29, 0.717) is 12.8 Å². The van der Waals surface area contributed by atoms with Gasteiger partial charge in [-0.25, -0.2) is 4.57 Å². The predicted molar refractivity (Wildman–Crippen MR) is 338 cm³/mol. The summed E-state index contributed by atoms with van der Waals surface area (Å²) in [6.45, 7) is 3.38. The van der Waals surface area contributed by atoms with Crippen LogP contribution < -0.4 is 5.73 Å². The van der Waals surface area contributed by atoms with Gasteiger partial charge in [-0.05, 0) is 148 Å². The summed E-state index contributed by atoms with van der Waals surface area (Å²) in [5.74, 6) is -0.940. The molecule has 0 aromatic carbocycles. The van der Waals surface area contributed by atoms with Crippen molar-refractivity contribution in [1.29, 1.82) is 0 Å². The number of hydrogen-bond donors (Lipinski definition) is 2. The number of allylic oxidation sites excluding steroid dienone is 34. The van der Waals surface area contributed by atoms with Gasteiger partial charge in [0.1, 0.15) is 6.61 Å². The Hall–Kier alpha value is -5.41. The van der Waals surface area contributed by atoms with Gasteiger partial charge in [-0.3, -0.25) is 18.6 Å². The fraction of sp³-hybridized carbons (Fsp3) is 0.478. The second-order valence-corrected chi connectivity index (χ2v) is 19.8. The lowest BCUT2D eigenvalue weighted by atomic mass is 10.1. The highest BCUT2D eigenvalue weighted by molar-refractivity contribution is 7.47. The van der Waals surface area contributed by atoms with E-state index in [1.165, 1.54) is 0 Å². The summed E-state index contributed by atoms with van der Waals surface area (Å²) in [6.07, 6.45) is 95.9. The first-order valence-corrected chi connectivity index (χ1v) is 31.1. The molecule has 0 aliphatic carbocycles. The molecular formula is C69H104NO8P. The van der Waals surface area contributed by atoms with Crippen molar-refractivity contribution < 1.29 is 37.6 Å². The molecule has 0 aliphatic rings. The highest BCUT2D eigenvalue weighted by Crippen LogP contribution is 2.43. The van der Waals surface area contributed by atoms with E-state index in [0.717, 1.165) is 141 Å². The highest BCUT2D eigenvalue weighted by atomic mass is 31.2. The van der Waals surface area contributed by atoms with Crippen LogP contribution in [0, 0.1) is 0 Å². The van der Waals surface area contributed by atoms with Crippen LogP contribution in [0.5, 0.6) is 0 Å². The molecule has 0 rings (SSSR count). The van der Waals surface area contributed by atoms with Crippen LogP contribution in [0.4, 0.5) is 0 Å². The molecule has 0 spiro atoms. The van der Waals surface area contributed by atoms with Gasteiger partial charge in [0.05, 0.1) is 13.2 Å². The number of rotatable bonds is 52. The molecule has 0 aromatic heterocycles. The van der Waals surface area contributed by atoms with Crippen molar-refractivity contribution in [2.24, 2.45) is 5.73 Å². The molecule has 0 amide bonds. The molecule has 0 aromatic rings. The summed E-state index contributed by atoms with van der Waals surface area (Å²) >= 11 is 0. The molecule has 2 unspecified atom stereocenters. The summed E-state index contributed by atoms with van der Waals surface area (Å²) in [7, 11) is -4.43. The molecular weight excluding hydrogens is 1000 g/mol. The van der Waals surface area contributed by atoms with Crippen molar-refractivity contribution in [2.75, 3.05) is 26.4 Å². The molecule has 0 bridgehead atoms. The number of esters is 2. The molecule has 0 saturated heterocycles. The average molecular weight is 1110 g/mol. The Labute approximate surface area is 480 Å². The zero-order valence-electron chi connectivity index (χ0n) is 48.7. The molecule has 438 valence electrons. The molecule has 0 heterocycles. The van der Waals surface area contributed by atoms with E-state index in [-0.39, 0.29) is 32.6 Å². The third-order valence-corrected chi connectivity index (χ3v) is 12.1. The minimum absolute atomic E-state index is 0.0282. The topological polar surface area (TPSA) is 134 Å². The fourth-order valence-corrected chi connectivity index (χ4v) is 7.64. The van der Waals surface area contributed by atoms with Gasteiger partial charge in [-0.2, -0.15) is 0 Å². The van der Waals surface area contributed by atoms with Gasteiger partial charge in [0.2, 0.25) is 0 Å². The van der Waals surface area contributed by atoms with E-state index in [1.807, 2.05) is 0 Å². The molecule has 0 aliphatic heterocycles. The Morgan fingerprint density at radius 3 is 0.975 bits per heavy atom. The van der Waals surface area contributed by atoms with Gasteiger partial charge >= 0.3 is 19.8 Å². The first-order valence-electron chi connectivity index (χ1n) is 29.6. The molecule has 3 N–H and O–H groups in total. The minimum Gasteiger partial charge on any atom is -0.462 e. The number of carbonyl (C=O) groups is 2. The van der Waals surface area contributed by atoms with Gasteiger partial charge in [0.25, 0.3) is 0 Å². The van der Waals surface area contributed by atoms with E-state index >= 15 is 0 Å². The SMILES string of the molecule is CC/C=C\C/C=C\C/C=C\C/C=C\C/C=C\C/C=C\C/C=C\C/C=C\C/C=C\CCCCCC(=O)OC(COC(=O)CCCC/C=C\C/C=C\C/C=C\C/C=C\C/C=C\C/C=C\C/C=C\C/C=C\CC)COP(=O)(O)OCCN. The van der Waals surface area contributed by atoms with Crippen LogP contribution in [0.1, 0.15) is 181 Å². The second-order valence-electron chi connectivity index (χ2n) is 18.4. The number of phosphoric acid groups is 1. The summed E-state index contributed by atoms with van der Waals surface area (Å²) in [5.41, 5.74) is 5.38. The Balaban J connectivity index is 4.23. The molecule has 10 heteroatoms. The molecule has 9 nitrogen and oxygen atoms in total. The van der Waals surface area contributed by atoms with Gasteiger partial charge in [0, 0.05) is 19.4 Å². The second kappa shape index (κ2) is 61.8. The molecule has 79 heavy (non-hydrogen) atoms. The molecule has 2 atom stereocenters. The lowest BCUT2D eigenvalue weighted by Crippen LogP contribution is -2.29. The van der Waals surface area contributed by atoms with Crippen LogP contribution in [0.15, 0.2) is 207 Å². The van der Waals surface area contributed by atoms with Crippen molar-refractivity contribution in [3.63, 3.8) is 0 Å².